The third kappa shape index (κ3) is 8.00. The number of hydrogen-bond donors (Lipinski definition) is 3. The summed E-state index contributed by atoms with van der Waals surface area (Å²) in [6, 6.07) is 12.1. The molecule has 39 heavy (non-hydrogen) atoms. The first-order valence-electron chi connectivity index (χ1n) is 11.3. The van der Waals surface area contributed by atoms with Crippen molar-refractivity contribution in [3.8, 4) is 17.1 Å². The van der Waals surface area contributed by atoms with Crippen LogP contribution in [0, 0.1) is 6.92 Å². The molecule has 0 saturated heterocycles. The summed E-state index contributed by atoms with van der Waals surface area (Å²) in [7, 11) is 0.930. The molecule has 0 aliphatic rings. The van der Waals surface area contributed by atoms with Gasteiger partial charge in [0.15, 0.2) is 24.8 Å². The highest BCUT2D eigenvalue weighted by Crippen LogP contribution is 2.16. The Bertz CT molecular complexity index is 1530. The predicted molar refractivity (Wildman–Crippen MR) is 138 cm³/mol. The maximum Gasteiger partial charge on any atom is 0.337 e. The van der Waals surface area contributed by atoms with Crippen molar-refractivity contribution in [2.45, 2.75) is 11.8 Å². The highest BCUT2D eigenvalue weighted by Gasteiger charge is 2.24. The summed E-state index contributed by atoms with van der Waals surface area (Å²) in [5, 5.41) is 11.2. The summed E-state index contributed by atoms with van der Waals surface area (Å²) in [6.45, 7) is 1.52. The first-order chi connectivity index (χ1) is 18.5. The molecule has 0 radical (unpaired) electrons. The number of aryl methyl sites for hydroxylation is 3. The molecular weight excluding hydrogens is 526 g/mol. The fourth-order valence-electron chi connectivity index (χ4n) is 3.17. The van der Waals surface area contributed by atoms with Gasteiger partial charge >= 0.3 is 18.0 Å². The van der Waals surface area contributed by atoms with Gasteiger partial charge in [-0.3, -0.25) is 5.32 Å². The molecule has 0 spiro atoms. The van der Waals surface area contributed by atoms with E-state index in [9.17, 15) is 18.0 Å². The van der Waals surface area contributed by atoms with Gasteiger partial charge in [0.25, 0.3) is 10.0 Å². The number of aromatic nitrogens is 5. The van der Waals surface area contributed by atoms with Crippen molar-refractivity contribution in [2.75, 3.05) is 12.4 Å². The summed E-state index contributed by atoms with van der Waals surface area (Å²) in [5.41, 5.74) is 2.04. The number of carbonyl (C=O) groups is 2. The third-order valence-electron chi connectivity index (χ3n) is 5.06. The molecule has 2 amide bonds. The lowest BCUT2D eigenvalue weighted by Gasteiger charge is -2.10. The highest BCUT2D eigenvalue weighted by molar-refractivity contribution is 7.90. The molecule has 0 aliphatic heterocycles. The second-order valence-electron chi connectivity index (χ2n) is 8.06. The number of anilines is 1. The number of carbonyl (C=O) groups excluding carboxylic acids is 1. The van der Waals surface area contributed by atoms with Crippen molar-refractivity contribution >= 4 is 28.0 Å². The molecule has 0 atom stereocenters. The lowest BCUT2D eigenvalue weighted by Crippen LogP contribution is -2.35. The minimum Gasteiger partial charge on any atom is -0.478 e. The Morgan fingerprint density at radius 3 is 1.92 bits per heavy atom. The number of nitrogens with one attached hydrogen (secondary N) is 2. The third-order valence-corrected chi connectivity index (χ3v) is 6.45. The van der Waals surface area contributed by atoms with Gasteiger partial charge in [0.05, 0.1) is 12.7 Å². The number of benzene rings is 1. The molecule has 202 valence electrons. The summed E-state index contributed by atoms with van der Waals surface area (Å²) in [6.07, 6.45) is 8.23. The molecule has 0 unspecified atom stereocenters. The monoisotopic (exact) mass is 553 g/mol. The van der Waals surface area contributed by atoms with Gasteiger partial charge < -0.3 is 9.84 Å². The van der Waals surface area contributed by atoms with Gasteiger partial charge in [-0.05, 0) is 30.2 Å². The number of sulfonamides is 1. The topological polar surface area (TPSA) is 168 Å². The van der Waals surface area contributed by atoms with Crippen molar-refractivity contribution in [3.63, 3.8) is 0 Å². The van der Waals surface area contributed by atoms with Crippen LogP contribution in [0.5, 0.6) is 6.01 Å². The molecule has 3 heterocycles. The van der Waals surface area contributed by atoms with Crippen LogP contribution in [0.1, 0.15) is 16.2 Å². The Morgan fingerprint density at radius 2 is 1.41 bits per heavy atom. The Kier molecular flexibility index (Phi) is 9.17. The molecule has 0 aliphatic carbocycles. The van der Waals surface area contributed by atoms with Crippen LogP contribution in [0.15, 0.2) is 78.2 Å². The smallest absolute Gasteiger partial charge is 0.337 e. The molecule has 0 saturated carbocycles. The van der Waals surface area contributed by atoms with E-state index in [2.05, 4.69) is 69.3 Å². The molecule has 1 aromatic carbocycles. The number of urea groups is 1. The van der Waals surface area contributed by atoms with Gasteiger partial charge in [0, 0.05) is 24.3 Å². The van der Waals surface area contributed by atoms with E-state index in [0.29, 0.717) is 0 Å². The SMILES string of the molecule is COc1nc(C)nc(NC(=O)NS(=O)(=O)c2ccccc2C(=O)O)n1.C[n+]1ccc(-c2cc[n+](C)cc2)cc1. The number of nitrogens with zero attached hydrogens (tertiary/aromatic N) is 5. The molecule has 4 aromatic rings. The van der Waals surface area contributed by atoms with Crippen LogP contribution >= 0.6 is 0 Å². The largest absolute Gasteiger partial charge is 0.478 e. The van der Waals surface area contributed by atoms with Crippen LogP contribution in [-0.2, 0) is 24.1 Å². The molecular formula is C25H27N7O6S+2. The first kappa shape index (κ1) is 28.6. The van der Waals surface area contributed by atoms with Crippen LogP contribution in [0.4, 0.5) is 10.7 Å². The molecule has 4 rings (SSSR count). The van der Waals surface area contributed by atoms with Crippen molar-refractivity contribution in [1.82, 2.24) is 19.7 Å². The average molecular weight is 554 g/mol. The van der Waals surface area contributed by atoms with Crippen molar-refractivity contribution in [2.24, 2.45) is 14.1 Å². The average Bonchev–Trinajstić information content (AvgIpc) is 2.89. The zero-order chi connectivity index (χ0) is 28.6. The Balaban J connectivity index is 0.000000252. The lowest BCUT2D eigenvalue weighted by atomic mass is 10.1. The number of aromatic carboxylic acids is 1. The normalized spacial score (nSPS) is 10.6. The maximum atomic E-state index is 12.2. The quantitative estimate of drug-likeness (QED) is 0.299. The van der Waals surface area contributed by atoms with Crippen LogP contribution in [0.25, 0.3) is 11.1 Å². The van der Waals surface area contributed by atoms with E-state index < -0.39 is 32.5 Å². The van der Waals surface area contributed by atoms with Crippen LogP contribution in [0.2, 0.25) is 0 Å². The summed E-state index contributed by atoms with van der Waals surface area (Å²) < 4.78 is 35.0. The number of pyridine rings is 2. The molecule has 14 heteroatoms. The Hall–Kier alpha value is -4.98. The second kappa shape index (κ2) is 12.5. The van der Waals surface area contributed by atoms with Gasteiger partial charge in [-0.2, -0.15) is 15.0 Å². The second-order valence-corrected chi connectivity index (χ2v) is 9.71. The zero-order valence-electron chi connectivity index (χ0n) is 21.6. The molecule has 0 bridgehead atoms. The van der Waals surface area contributed by atoms with Crippen molar-refractivity contribution < 1.29 is 37.0 Å². The van der Waals surface area contributed by atoms with Gasteiger partial charge in [-0.1, -0.05) is 12.1 Å². The van der Waals surface area contributed by atoms with Crippen LogP contribution in [0.3, 0.4) is 0 Å². The Morgan fingerprint density at radius 1 is 0.872 bits per heavy atom. The number of hydrogen-bond acceptors (Lipinski definition) is 8. The Labute approximate surface area is 224 Å². The first-order valence-corrected chi connectivity index (χ1v) is 12.8. The molecule has 0 fully saturated rings. The van der Waals surface area contributed by atoms with E-state index in [-0.39, 0.29) is 17.8 Å². The van der Waals surface area contributed by atoms with Gasteiger partial charge in [0.1, 0.15) is 24.8 Å². The van der Waals surface area contributed by atoms with Gasteiger partial charge in [-0.25, -0.2) is 31.9 Å². The minimum atomic E-state index is -4.43. The van der Waals surface area contributed by atoms with Crippen LogP contribution < -0.4 is 23.9 Å². The van der Waals surface area contributed by atoms with E-state index in [4.69, 9.17) is 9.84 Å². The number of ether oxygens (including phenoxy) is 1. The van der Waals surface area contributed by atoms with E-state index in [1.54, 1.807) is 4.72 Å². The van der Waals surface area contributed by atoms with Gasteiger partial charge in [-0.15, -0.1) is 0 Å². The van der Waals surface area contributed by atoms with Gasteiger partial charge in [0.2, 0.25) is 5.95 Å². The number of rotatable bonds is 6. The number of methoxy groups -OCH3 is 1. The number of carboxylic acid groups (broad SMARTS) is 1. The maximum absolute atomic E-state index is 12.2. The highest BCUT2D eigenvalue weighted by atomic mass is 32.2. The summed E-state index contributed by atoms with van der Waals surface area (Å²) in [5.74, 6) is -1.44. The number of carboxylic acids is 1. The van der Waals surface area contributed by atoms with E-state index in [1.807, 2.05) is 23.2 Å². The summed E-state index contributed by atoms with van der Waals surface area (Å²) in [4.78, 5) is 33.8. The fourth-order valence-corrected chi connectivity index (χ4v) is 4.28. The molecule has 3 N–H and O–H groups in total. The molecule has 3 aromatic heterocycles. The zero-order valence-corrected chi connectivity index (χ0v) is 22.4. The standard InChI is InChI=1S/C13H13N5O6S.C12H14N2/c1-7-14-11(17-13(15-7)24-2)16-12(21)18-25(22,23)9-6-4-3-5-8(9)10(19)20;1-13-7-3-11(4-8-13)12-5-9-14(2)10-6-12/h3-6H,1-2H3,(H,19,20)(H2,14,15,16,17,18,21);3-10H,1-2H3/q;+2. The van der Waals surface area contributed by atoms with Crippen molar-refractivity contribution in [3.05, 3.63) is 84.7 Å². The minimum absolute atomic E-state index is 0.0677. The summed E-state index contributed by atoms with van der Waals surface area (Å²) >= 11 is 0. The van der Waals surface area contributed by atoms with Crippen molar-refractivity contribution in [1.29, 1.82) is 0 Å². The van der Waals surface area contributed by atoms with E-state index >= 15 is 0 Å². The predicted octanol–water partition coefficient (Wildman–Crippen LogP) is 1.40. The van der Waals surface area contributed by atoms with E-state index in [1.165, 1.54) is 37.3 Å². The van der Waals surface area contributed by atoms with Crippen LogP contribution in [-0.4, -0.2) is 47.6 Å². The fraction of sp³-hybridized carbons (Fsp3) is 0.160. The van der Waals surface area contributed by atoms with E-state index in [0.717, 1.165) is 12.1 Å². The number of amides is 2. The molecule has 13 nitrogen and oxygen atoms in total. The lowest BCUT2D eigenvalue weighted by molar-refractivity contribution is -0.671.